The van der Waals surface area contributed by atoms with E-state index in [1.807, 2.05) is 32.0 Å². The van der Waals surface area contributed by atoms with Crippen molar-refractivity contribution in [3.63, 3.8) is 0 Å². The maximum atomic E-state index is 12.8. The molecule has 4 aliphatic carbocycles. The summed E-state index contributed by atoms with van der Waals surface area (Å²) in [6, 6.07) is 6.02. The number of hydrogen-bond acceptors (Lipinski definition) is 3. The minimum Gasteiger partial charge on any atom is -0.359 e. The van der Waals surface area contributed by atoms with Crippen LogP contribution in [-0.4, -0.2) is 11.9 Å². The van der Waals surface area contributed by atoms with Crippen molar-refractivity contribution in [1.82, 2.24) is 5.32 Å². The standard InChI is InChI=1S/C24H30ClN3O/c1-14-4-15(2)22(21(25)5-14)27-13-20(12-26)23(29)28-16(3)24-9-17-6-18(10-24)8-19(7-17)11-24/h4-5,13,16-19,27H,6-11H2,1-3H3,(H,28,29)/b20-13-. The maximum Gasteiger partial charge on any atom is 0.263 e. The zero-order chi connectivity index (χ0) is 20.8. The van der Waals surface area contributed by atoms with Gasteiger partial charge in [0.05, 0.1) is 10.7 Å². The van der Waals surface area contributed by atoms with E-state index >= 15 is 0 Å². The molecule has 4 nitrogen and oxygen atoms in total. The quantitative estimate of drug-likeness (QED) is 0.496. The second-order valence-electron chi connectivity index (χ2n) is 9.73. The Morgan fingerprint density at radius 3 is 2.31 bits per heavy atom. The van der Waals surface area contributed by atoms with Crippen molar-refractivity contribution < 1.29 is 4.79 Å². The molecule has 2 N–H and O–H groups in total. The summed E-state index contributed by atoms with van der Waals surface area (Å²) >= 11 is 6.33. The molecular weight excluding hydrogens is 382 g/mol. The molecule has 5 heteroatoms. The fourth-order valence-electron chi connectivity index (χ4n) is 6.53. The lowest BCUT2D eigenvalue weighted by Gasteiger charge is -2.59. The fraction of sp³-hybridized carbons (Fsp3) is 0.583. The van der Waals surface area contributed by atoms with Gasteiger partial charge in [-0.3, -0.25) is 4.79 Å². The van der Waals surface area contributed by atoms with Crippen LogP contribution in [0.3, 0.4) is 0 Å². The molecule has 0 saturated heterocycles. The number of benzene rings is 1. The highest BCUT2D eigenvalue weighted by Gasteiger charge is 2.53. The van der Waals surface area contributed by atoms with Crippen molar-refractivity contribution in [2.75, 3.05) is 5.32 Å². The Bertz CT molecular complexity index is 840. The second kappa shape index (κ2) is 7.69. The smallest absolute Gasteiger partial charge is 0.263 e. The molecule has 1 amide bonds. The van der Waals surface area contributed by atoms with E-state index in [4.69, 9.17) is 11.6 Å². The van der Waals surface area contributed by atoms with Gasteiger partial charge in [0.25, 0.3) is 5.91 Å². The molecule has 4 bridgehead atoms. The van der Waals surface area contributed by atoms with Crippen LogP contribution in [-0.2, 0) is 4.79 Å². The highest BCUT2D eigenvalue weighted by atomic mass is 35.5. The number of carbonyl (C=O) groups is 1. The Kier molecular flexibility index (Phi) is 5.38. The Balaban J connectivity index is 1.46. The van der Waals surface area contributed by atoms with Gasteiger partial charge in [-0.2, -0.15) is 5.26 Å². The Morgan fingerprint density at radius 1 is 1.21 bits per heavy atom. The van der Waals surface area contributed by atoms with Crippen molar-refractivity contribution in [1.29, 1.82) is 5.26 Å². The number of nitrogens with zero attached hydrogens (tertiary/aromatic N) is 1. The van der Waals surface area contributed by atoms with Gasteiger partial charge < -0.3 is 10.6 Å². The number of amides is 1. The van der Waals surface area contributed by atoms with Crippen molar-refractivity contribution in [2.24, 2.45) is 23.2 Å². The van der Waals surface area contributed by atoms with Crippen molar-refractivity contribution >= 4 is 23.2 Å². The minimum atomic E-state index is -0.302. The monoisotopic (exact) mass is 411 g/mol. The van der Waals surface area contributed by atoms with E-state index in [1.54, 1.807) is 0 Å². The molecule has 1 unspecified atom stereocenters. The first kappa shape index (κ1) is 20.3. The van der Waals surface area contributed by atoms with Crippen molar-refractivity contribution in [3.05, 3.63) is 40.1 Å². The lowest BCUT2D eigenvalue weighted by Crippen LogP contribution is -2.56. The molecule has 0 aliphatic heterocycles. The van der Waals surface area contributed by atoms with Crippen LogP contribution in [0, 0.1) is 48.3 Å². The molecule has 1 atom stereocenters. The fourth-order valence-corrected chi connectivity index (χ4v) is 6.90. The van der Waals surface area contributed by atoms with E-state index in [0.29, 0.717) is 5.02 Å². The number of rotatable bonds is 5. The molecule has 0 spiro atoms. The molecule has 4 fully saturated rings. The molecule has 5 rings (SSSR count). The first-order valence-electron chi connectivity index (χ1n) is 10.7. The molecule has 0 aromatic heterocycles. The predicted molar refractivity (Wildman–Crippen MR) is 116 cm³/mol. The SMILES string of the molecule is Cc1cc(C)c(N/C=C(/C#N)C(=O)NC(C)C23CC4CC(CC(C4)C2)C3)c(Cl)c1. The molecule has 154 valence electrons. The average molecular weight is 412 g/mol. The van der Waals surface area contributed by atoms with Gasteiger partial charge in [-0.15, -0.1) is 0 Å². The van der Waals surface area contributed by atoms with Crippen LogP contribution in [0.4, 0.5) is 5.69 Å². The lowest BCUT2D eigenvalue weighted by atomic mass is 9.48. The normalized spacial score (nSPS) is 31.3. The van der Waals surface area contributed by atoms with Gasteiger partial charge in [-0.1, -0.05) is 17.7 Å². The summed E-state index contributed by atoms with van der Waals surface area (Å²) in [5.41, 5.74) is 3.08. The van der Waals surface area contributed by atoms with Crippen molar-refractivity contribution in [3.8, 4) is 6.07 Å². The highest BCUT2D eigenvalue weighted by molar-refractivity contribution is 6.33. The topological polar surface area (TPSA) is 64.9 Å². The Morgan fingerprint density at radius 2 is 1.79 bits per heavy atom. The molecule has 29 heavy (non-hydrogen) atoms. The number of nitriles is 1. The number of halogens is 1. The number of hydrogen-bond donors (Lipinski definition) is 2. The molecule has 4 aliphatic rings. The van der Waals surface area contributed by atoms with Crippen LogP contribution in [0.5, 0.6) is 0 Å². The average Bonchev–Trinajstić information content (AvgIpc) is 2.62. The van der Waals surface area contributed by atoms with Crippen LogP contribution in [0.2, 0.25) is 5.02 Å². The summed E-state index contributed by atoms with van der Waals surface area (Å²) < 4.78 is 0. The molecule has 0 radical (unpaired) electrons. The third-order valence-electron chi connectivity index (χ3n) is 7.51. The van der Waals surface area contributed by atoms with E-state index in [0.717, 1.165) is 34.6 Å². The van der Waals surface area contributed by atoms with E-state index in [-0.39, 0.29) is 22.9 Å². The van der Waals surface area contributed by atoms with E-state index in [1.165, 1.54) is 44.7 Å². The lowest BCUT2D eigenvalue weighted by molar-refractivity contribution is -0.122. The summed E-state index contributed by atoms with van der Waals surface area (Å²) in [4.78, 5) is 12.8. The summed E-state index contributed by atoms with van der Waals surface area (Å²) in [5.74, 6) is 2.20. The van der Waals surface area contributed by atoms with Gasteiger partial charge in [-0.05, 0) is 99.7 Å². The number of carbonyl (C=O) groups excluding carboxylic acids is 1. The molecular formula is C24H30ClN3O. The molecule has 4 saturated carbocycles. The van der Waals surface area contributed by atoms with E-state index in [2.05, 4.69) is 17.6 Å². The van der Waals surface area contributed by atoms with Gasteiger partial charge in [0.1, 0.15) is 11.6 Å². The summed E-state index contributed by atoms with van der Waals surface area (Å²) in [6.45, 7) is 6.07. The number of anilines is 1. The van der Waals surface area contributed by atoms with Crippen molar-refractivity contribution in [2.45, 2.75) is 65.3 Å². The number of aryl methyl sites for hydroxylation is 2. The van der Waals surface area contributed by atoms with Gasteiger partial charge >= 0.3 is 0 Å². The van der Waals surface area contributed by atoms with Gasteiger partial charge in [0.15, 0.2) is 0 Å². The van der Waals surface area contributed by atoms with Crippen LogP contribution >= 0.6 is 11.6 Å². The zero-order valence-corrected chi connectivity index (χ0v) is 18.3. The molecule has 1 aromatic carbocycles. The summed E-state index contributed by atoms with van der Waals surface area (Å²) in [6.07, 6.45) is 9.29. The molecule has 1 aromatic rings. The first-order valence-corrected chi connectivity index (χ1v) is 11.1. The van der Waals surface area contributed by atoms with Crippen LogP contribution in [0.1, 0.15) is 56.6 Å². The van der Waals surface area contributed by atoms with Crippen LogP contribution < -0.4 is 10.6 Å². The third kappa shape index (κ3) is 3.90. The first-order chi connectivity index (χ1) is 13.8. The Labute approximate surface area is 178 Å². The van der Waals surface area contributed by atoms with Crippen LogP contribution in [0.15, 0.2) is 23.9 Å². The Hall–Kier alpha value is -1.99. The van der Waals surface area contributed by atoms with Gasteiger partial charge in [0.2, 0.25) is 0 Å². The third-order valence-corrected chi connectivity index (χ3v) is 7.81. The van der Waals surface area contributed by atoms with E-state index in [9.17, 15) is 10.1 Å². The largest absolute Gasteiger partial charge is 0.359 e. The van der Waals surface area contributed by atoms with Gasteiger partial charge in [-0.25, -0.2) is 0 Å². The van der Waals surface area contributed by atoms with Gasteiger partial charge in [0, 0.05) is 12.2 Å². The predicted octanol–water partition coefficient (Wildman–Crippen LogP) is 5.50. The second-order valence-corrected chi connectivity index (χ2v) is 10.1. The zero-order valence-electron chi connectivity index (χ0n) is 17.5. The molecule has 0 heterocycles. The highest BCUT2D eigenvalue weighted by Crippen LogP contribution is 2.61. The maximum absolute atomic E-state index is 12.8. The van der Waals surface area contributed by atoms with E-state index < -0.39 is 0 Å². The summed E-state index contributed by atoms with van der Waals surface area (Å²) in [5, 5.41) is 16.4. The minimum absolute atomic E-state index is 0.0811. The number of nitrogens with one attached hydrogen (secondary N) is 2. The van der Waals surface area contributed by atoms with Crippen LogP contribution in [0.25, 0.3) is 0 Å². The summed E-state index contributed by atoms with van der Waals surface area (Å²) in [7, 11) is 0.